The Balaban J connectivity index is 1.65. The second-order valence-electron chi connectivity index (χ2n) is 4.89. The van der Waals surface area contributed by atoms with Crippen LogP contribution < -0.4 is 5.32 Å². The van der Waals surface area contributed by atoms with Crippen molar-refractivity contribution in [2.24, 2.45) is 0 Å². The molecule has 1 aromatic carbocycles. The fraction of sp³-hybridized carbons (Fsp3) is 0.333. The van der Waals surface area contributed by atoms with Crippen molar-refractivity contribution < 1.29 is 4.79 Å². The maximum absolute atomic E-state index is 12.0. The van der Waals surface area contributed by atoms with E-state index in [1.54, 1.807) is 11.3 Å². The number of nitrogens with zero attached hydrogens (tertiary/aromatic N) is 1. The molecule has 0 aliphatic heterocycles. The highest BCUT2D eigenvalue weighted by molar-refractivity contribution is 7.09. The van der Waals surface area contributed by atoms with Crippen LogP contribution in [0.3, 0.4) is 0 Å². The number of nitrogens with one attached hydrogen (secondary N) is 1. The molecule has 0 saturated heterocycles. The monoisotopic (exact) mass is 272 g/mol. The predicted octanol–water partition coefficient (Wildman–Crippen LogP) is 2.80. The molecule has 1 unspecified atom stereocenters. The van der Waals surface area contributed by atoms with Gasteiger partial charge in [0.05, 0.1) is 23.2 Å². The van der Waals surface area contributed by atoms with Crippen LogP contribution in [0.25, 0.3) is 0 Å². The molecule has 2 aromatic rings. The molecule has 0 spiro atoms. The largest absolute Gasteiger partial charge is 0.349 e. The van der Waals surface area contributed by atoms with Crippen molar-refractivity contribution in [3.05, 3.63) is 51.5 Å². The first-order chi connectivity index (χ1) is 9.22. The molecule has 0 fully saturated rings. The van der Waals surface area contributed by atoms with E-state index in [9.17, 15) is 4.79 Å². The van der Waals surface area contributed by atoms with Crippen molar-refractivity contribution in [2.75, 3.05) is 0 Å². The van der Waals surface area contributed by atoms with E-state index < -0.39 is 0 Å². The van der Waals surface area contributed by atoms with E-state index >= 15 is 0 Å². The number of aromatic nitrogens is 1. The van der Waals surface area contributed by atoms with E-state index in [4.69, 9.17) is 0 Å². The molecule has 1 N–H and O–H groups in total. The van der Waals surface area contributed by atoms with E-state index in [1.165, 1.54) is 11.1 Å². The molecule has 1 aromatic heterocycles. The van der Waals surface area contributed by atoms with E-state index in [0.717, 1.165) is 23.5 Å². The van der Waals surface area contributed by atoms with Gasteiger partial charge in [0, 0.05) is 5.38 Å². The summed E-state index contributed by atoms with van der Waals surface area (Å²) >= 11 is 1.59. The fourth-order valence-electron chi connectivity index (χ4n) is 2.61. The Hall–Kier alpha value is -1.68. The fourth-order valence-corrected chi connectivity index (χ4v) is 3.22. The SMILES string of the molecule is Cc1nc(CC(=O)NC2CCc3ccccc32)cs1. The number of hydrogen-bond acceptors (Lipinski definition) is 3. The summed E-state index contributed by atoms with van der Waals surface area (Å²) in [6.45, 7) is 1.96. The predicted molar refractivity (Wildman–Crippen MR) is 76.2 cm³/mol. The van der Waals surface area contributed by atoms with Crippen LogP contribution in [0.4, 0.5) is 0 Å². The Morgan fingerprint density at radius 2 is 2.32 bits per heavy atom. The van der Waals surface area contributed by atoms with Crippen molar-refractivity contribution >= 4 is 17.2 Å². The number of benzene rings is 1. The smallest absolute Gasteiger partial charge is 0.226 e. The quantitative estimate of drug-likeness (QED) is 0.933. The van der Waals surface area contributed by atoms with Gasteiger partial charge in [0.15, 0.2) is 0 Å². The van der Waals surface area contributed by atoms with Crippen LogP contribution in [-0.2, 0) is 17.6 Å². The molecule has 3 nitrogen and oxygen atoms in total. The zero-order valence-electron chi connectivity index (χ0n) is 10.8. The standard InChI is InChI=1S/C15H16N2OS/c1-10-16-12(9-19-10)8-15(18)17-14-7-6-11-4-2-3-5-13(11)14/h2-5,9,14H,6-8H2,1H3,(H,17,18). The van der Waals surface area contributed by atoms with Gasteiger partial charge >= 0.3 is 0 Å². The van der Waals surface area contributed by atoms with Gasteiger partial charge in [-0.05, 0) is 30.9 Å². The van der Waals surface area contributed by atoms with Gasteiger partial charge < -0.3 is 5.32 Å². The number of fused-ring (bicyclic) bond motifs is 1. The number of hydrogen-bond donors (Lipinski definition) is 1. The van der Waals surface area contributed by atoms with Crippen LogP contribution in [0, 0.1) is 6.92 Å². The number of carbonyl (C=O) groups excluding carboxylic acids is 1. The number of aryl methyl sites for hydroxylation is 2. The topological polar surface area (TPSA) is 42.0 Å². The first kappa shape index (κ1) is 12.4. The normalized spacial score (nSPS) is 17.2. The Morgan fingerprint density at radius 1 is 1.47 bits per heavy atom. The highest BCUT2D eigenvalue weighted by Gasteiger charge is 2.23. The third kappa shape index (κ3) is 2.68. The molecule has 0 bridgehead atoms. The molecule has 19 heavy (non-hydrogen) atoms. The number of carbonyl (C=O) groups is 1. The first-order valence-electron chi connectivity index (χ1n) is 6.50. The van der Waals surface area contributed by atoms with Crippen molar-refractivity contribution in [1.29, 1.82) is 0 Å². The molecule has 3 rings (SSSR count). The molecule has 1 aliphatic rings. The number of amides is 1. The maximum atomic E-state index is 12.0. The minimum atomic E-state index is 0.0620. The summed E-state index contributed by atoms with van der Waals surface area (Å²) in [6.07, 6.45) is 2.43. The van der Waals surface area contributed by atoms with E-state index in [2.05, 4.69) is 28.5 Å². The van der Waals surface area contributed by atoms with Crippen LogP contribution >= 0.6 is 11.3 Å². The van der Waals surface area contributed by atoms with Crippen LogP contribution in [0.1, 0.15) is 34.3 Å². The molecule has 1 atom stereocenters. The molecule has 4 heteroatoms. The van der Waals surface area contributed by atoms with E-state index in [-0.39, 0.29) is 11.9 Å². The van der Waals surface area contributed by atoms with Gasteiger partial charge in [0.25, 0.3) is 0 Å². The van der Waals surface area contributed by atoms with Gasteiger partial charge in [-0.25, -0.2) is 4.98 Å². The van der Waals surface area contributed by atoms with Crippen molar-refractivity contribution in [3.63, 3.8) is 0 Å². The second kappa shape index (κ2) is 5.13. The number of rotatable bonds is 3. The highest BCUT2D eigenvalue weighted by atomic mass is 32.1. The average Bonchev–Trinajstić information content (AvgIpc) is 2.97. The molecule has 0 radical (unpaired) electrons. The zero-order chi connectivity index (χ0) is 13.2. The van der Waals surface area contributed by atoms with Crippen molar-refractivity contribution in [1.82, 2.24) is 10.3 Å². The Labute approximate surface area is 116 Å². The maximum Gasteiger partial charge on any atom is 0.226 e. The highest BCUT2D eigenvalue weighted by Crippen LogP contribution is 2.30. The first-order valence-corrected chi connectivity index (χ1v) is 7.38. The van der Waals surface area contributed by atoms with Crippen LogP contribution in [-0.4, -0.2) is 10.9 Å². The lowest BCUT2D eigenvalue weighted by Crippen LogP contribution is -2.28. The van der Waals surface area contributed by atoms with Crippen LogP contribution in [0.15, 0.2) is 29.6 Å². The summed E-state index contributed by atoms with van der Waals surface area (Å²) in [4.78, 5) is 16.4. The molecular formula is C15H16N2OS. The molecular weight excluding hydrogens is 256 g/mol. The molecule has 1 amide bonds. The summed E-state index contributed by atoms with van der Waals surface area (Å²) in [5, 5.41) is 6.08. The van der Waals surface area contributed by atoms with Gasteiger partial charge in [0.2, 0.25) is 5.91 Å². The Bertz CT molecular complexity index is 606. The summed E-state index contributed by atoms with van der Waals surface area (Å²) in [5.74, 6) is 0.0620. The molecule has 1 aliphatic carbocycles. The lowest BCUT2D eigenvalue weighted by molar-refractivity contribution is -0.121. The van der Waals surface area contributed by atoms with Crippen LogP contribution in [0.2, 0.25) is 0 Å². The van der Waals surface area contributed by atoms with Crippen molar-refractivity contribution in [3.8, 4) is 0 Å². The van der Waals surface area contributed by atoms with Gasteiger partial charge in [-0.1, -0.05) is 24.3 Å². The van der Waals surface area contributed by atoms with Gasteiger partial charge in [0.1, 0.15) is 0 Å². The van der Waals surface area contributed by atoms with Crippen LogP contribution in [0.5, 0.6) is 0 Å². The summed E-state index contributed by atoms with van der Waals surface area (Å²) < 4.78 is 0. The van der Waals surface area contributed by atoms with Gasteiger partial charge in [-0.2, -0.15) is 0 Å². The summed E-state index contributed by atoms with van der Waals surface area (Å²) in [7, 11) is 0. The number of thiazole rings is 1. The molecule has 1 heterocycles. The molecule has 98 valence electrons. The lowest BCUT2D eigenvalue weighted by atomic mass is 10.1. The minimum Gasteiger partial charge on any atom is -0.349 e. The second-order valence-corrected chi connectivity index (χ2v) is 5.95. The lowest BCUT2D eigenvalue weighted by Gasteiger charge is -2.13. The Morgan fingerprint density at radius 3 is 3.11 bits per heavy atom. The van der Waals surface area contributed by atoms with Crippen molar-refractivity contribution in [2.45, 2.75) is 32.2 Å². The van der Waals surface area contributed by atoms with E-state index in [1.807, 2.05) is 18.4 Å². The Kier molecular flexibility index (Phi) is 3.34. The average molecular weight is 272 g/mol. The molecule has 0 saturated carbocycles. The third-order valence-electron chi connectivity index (χ3n) is 3.48. The zero-order valence-corrected chi connectivity index (χ0v) is 11.7. The van der Waals surface area contributed by atoms with Gasteiger partial charge in [-0.3, -0.25) is 4.79 Å². The van der Waals surface area contributed by atoms with E-state index in [0.29, 0.717) is 6.42 Å². The summed E-state index contributed by atoms with van der Waals surface area (Å²) in [6, 6.07) is 8.52. The van der Waals surface area contributed by atoms with Gasteiger partial charge in [-0.15, -0.1) is 11.3 Å². The third-order valence-corrected chi connectivity index (χ3v) is 4.30. The summed E-state index contributed by atoms with van der Waals surface area (Å²) in [5.41, 5.74) is 3.49. The minimum absolute atomic E-state index is 0.0620.